The molecule has 0 saturated carbocycles. The van der Waals surface area contributed by atoms with E-state index in [2.05, 4.69) is 56.7 Å². The Kier molecular flexibility index (Phi) is 6.06. The standard InChI is InChI=1S/C28H27N5O/c1-18-8-10-20(11-9-18)14-15-29-26(21-6-4-3-5-7-21)27(34)24-17-30-25-16-22(12-13-23(24)25)28-31-19(2)32-33-28/h3-13,16-17,26,29-30H,14-15H2,1-2H3,(H,31,32,33)/t26-/m0/s1. The van der Waals surface area contributed by atoms with Gasteiger partial charge >= 0.3 is 0 Å². The molecule has 0 bridgehead atoms. The number of aromatic nitrogens is 4. The number of aromatic amines is 2. The molecule has 0 fully saturated rings. The van der Waals surface area contributed by atoms with Gasteiger partial charge in [-0.2, -0.15) is 5.10 Å². The predicted octanol–water partition coefficient (Wildman–Crippen LogP) is 5.33. The molecular formula is C28H27N5O. The van der Waals surface area contributed by atoms with E-state index in [9.17, 15) is 4.79 Å². The maximum atomic E-state index is 13.8. The number of ketones is 1. The molecule has 0 spiro atoms. The Balaban J connectivity index is 1.40. The lowest BCUT2D eigenvalue weighted by atomic mass is 9.96. The third kappa shape index (κ3) is 4.54. The predicted molar refractivity (Wildman–Crippen MR) is 135 cm³/mol. The summed E-state index contributed by atoms with van der Waals surface area (Å²) in [5.41, 5.74) is 5.90. The van der Waals surface area contributed by atoms with E-state index in [1.54, 1.807) is 6.20 Å². The highest BCUT2D eigenvalue weighted by molar-refractivity contribution is 6.11. The van der Waals surface area contributed by atoms with Crippen LogP contribution in [-0.2, 0) is 6.42 Å². The second kappa shape index (κ2) is 9.45. The zero-order valence-corrected chi connectivity index (χ0v) is 19.3. The first kappa shape index (κ1) is 21.8. The normalized spacial score (nSPS) is 12.2. The summed E-state index contributed by atoms with van der Waals surface area (Å²) in [5, 5.41) is 11.5. The summed E-state index contributed by atoms with van der Waals surface area (Å²) in [6.07, 6.45) is 2.65. The van der Waals surface area contributed by atoms with Gasteiger partial charge in [0.15, 0.2) is 11.6 Å². The third-order valence-corrected chi connectivity index (χ3v) is 6.08. The van der Waals surface area contributed by atoms with Crippen LogP contribution in [0.4, 0.5) is 0 Å². The Labute approximate surface area is 198 Å². The van der Waals surface area contributed by atoms with E-state index < -0.39 is 6.04 Å². The van der Waals surface area contributed by atoms with Crippen molar-refractivity contribution in [3.05, 3.63) is 107 Å². The monoisotopic (exact) mass is 449 g/mol. The SMILES string of the molecule is Cc1ccc(CCN[C@H](C(=O)c2c[nH]c3cc(-c4n[nH]c(C)n4)ccc23)c2ccccc2)cc1. The topological polar surface area (TPSA) is 86.5 Å². The Hall–Kier alpha value is -4.03. The van der Waals surface area contributed by atoms with Gasteiger partial charge in [0, 0.05) is 34.8 Å². The quantitative estimate of drug-likeness (QED) is 0.280. The van der Waals surface area contributed by atoms with Crippen LogP contribution in [0.25, 0.3) is 22.3 Å². The fraction of sp³-hybridized carbons (Fsp3) is 0.179. The Morgan fingerprint density at radius 1 is 1.00 bits per heavy atom. The molecule has 0 aliphatic heterocycles. The molecular weight excluding hydrogens is 422 g/mol. The molecule has 0 saturated heterocycles. The number of carbonyl (C=O) groups excluding carboxylic acids is 1. The van der Waals surface area contributed by atoms with E-state index in [-0.39, 0.29) is 5.78 Å². The Morgan fingerprint density at radius 2 is 1.79 bits per heavy atom. The molecule has 0 aliphatic carbocycles. The van der Waals surface area contributed by atoms with E-state index in [4.69, 9.17) is 0 Å². The number of fused-ring (bicyclic) bond motifs is 1. The minimum Gasteiger partial charge on any atom is -0.360 e. The van der Waals surface area contributed by atoms with Gasteiger partial charge in [0.25, 0.3) is 0 Å². The van der Waals surface area contributed by atoms with Crippen LogP contribution in [0.3, 0.4) is 0 Å². The van der Waals surface area contributed by atoms with Gasteiger partial charge < -0.3 is 10.3 Å². The summed E-state index contributed by atoms with van der Waals surface area (Å²) in [6.45, 7) is 4.66. The number of nitrogens with zero attached hydrogens (tertiary/aromatic N) is 2. The number of rotatable bonds is 8. The van der Waals surface area contributed by atoms with Crippen molar-refractivity contribution in [1.82, 2.24) is 25.5 Å². The molecule has 6 nitrogen and oxygen atoms in total. The molecule has 0 unspecified atom stereocenters. The number of Topliss-reactive ketones (excluding diaryl/α,β-unsaturated/α-hetero) is 1. The molecule has 6 heteroatoms. The van der Waals surface area contributed by atoms with Crippen molar-refractivity contribution in [3.8, 4) is 11.4 Å². The fourth-order valence-electron chi connectivity index (χ4n) is 4.22. The van der Waals surface area contributed by atoms with E-state index in [0.717, 1.165) is 34.3 Å². The zero-order valence-electron chi connectivity index (χ0n) is 19.3. The number of aryl methyl sites for hydroxylation is 2. The van der Waals surface area contributed by atoms with Crippen molar-refractivity contribution in [2.24, 2.45) is 0 Å². The third-order valence-electron chi connectivity index (χ3n) is 6.08. The Bertz CT molecular complexity index is 1420. The summed E-state index contributed by atoms with van der Waals surface area (Å²) in [5.74, 6) is 1.45. The number of nitrogens with one attached hydrogen (secondary N) is 3. The molecule has 5 rings (SSSR count). The van der Waals surface area contributed by atoms with Gasteiger partial charge in [0.2, 0.25) is 0 Å². The summed E-state index contributed by atoms with van der Waals surface area (Å²) in [4.78, 5) is 21.4. The smallest absolute Gasteiger partial charge is 0.186 e. The van der Waals surface area contributed by atoms with Crippen molar-refractivity contribution in [2.75, 3.05) is 6.54 Å². The maximum absolute atomic E-state index is 13.8. The van der Waals surface area contributed by atoms with Crippen LogP contribution in [0, 0.1) is 13.8 Å². The molecule has 2 heterocycles. The van der Waals surface area contributed by atoms with Gasteiger partial charge in [-0.15, -0.1) is 0 Å². The van der Waals surface area contributed by atoms with Gasteiger partial charge in [0.1, 0.15) is 5.82 Å². The minimum atomic E-state index is -0.430. The first-order chi connectivity index (χ1) is 16.6. The van der Waals surface area contributed by atoms with Crippen LogP contribution in [0.2, 0.25) is 0 Å². The molecule has 3 N–H and O–H groups in total. The second-order valence-corrected chi connectivity index (χ2v) is 8.60. The van der Waals surface area contributed by atoms with Crippen LogP contribution in [-0.4, -0.2) is 32.5 Å². The summed E-state index contributed by atoms with van der Waals surface area (Å²) < 4.78 is 0. The average molecular weight is 450 g/mol. The van der Waals surface area contributed by atoms with Crippen molar-refractivity contribution in [2.45, 2.75) is 26.3 Å². The van der Waals surface area contributed by atoms with Crippen molar-refractivity contribution < 1.29 is 4.79 Å². The number of hydrogen-bond acceptors (Lipinski definition) is 4. The van der Waals surface area contributed by atoms with E-state index >= 15 is 0 Å². The number of H-pyrrole nitrogens is 2. The fourth-order valence-corrected chi connectivity index (χ4v) is 4.22. The summed E-state index contributed by atoms with van der Waals surface area (Å²) >= 11 is 0. The van der Waals surface area contributed by atoms with Crippen LogP contribution >= 0.6 is 0 Å². The van der Waals surface area contributed by atoms with Crippen LogP contribution in [0.5, 0.6) is 0 Å². The van der Waals surface area contributed by atoms with Crippen molar-refractivity contribution in [3.63, 3.8) is 0 Å². The maximum Gasteiger partial charge on any atom is 0.186 e. The lowest BCUT2D eigenvalue weighted by molar-refractivity contribution is 0.0945. The highest BCUT2D eigenvalue weighted by Crippen LogP contribution is 2.28. The van der Waals surface area contributed by atoms with Crippen LogP contribution in [0.1, 0.15) is 38.9 Å². The van der Waals surface area contributed by atoms with E-state index in [1.807, 2.05) is 55.5 Å². The first-order valence-corrected chi connectivity index (χ1v) is 11.5. The minimum absolute atomic E-state index is 0.0443. The average Bonchev–Trinajstić information content (AvgIpc) is 3.49. The number of benzene rings is 3. The molecule has 1 atom stereocenters. The van der Waals surface area contributed by atoms with Gasteiger partial charge in [-0.1, -0.05) is 72.3 Å². The van der Waals surface area contributed by atoms with Crippen LogP contribution < -0.4 is 5.32 Å². The van der Waals surface area contributed by atoms with Gasteiger partial charge in [-0.25, -0.2) is 4.98 Å². The molecule has 0 amide bonds. The second-order valence-electron chi connectivity index (χ2n) is 8.60. The van der Waals surface area contributed by atoms with Crippen LogP contribution in [0.15, 0.2) is 79.0 Å². The van der Waals surface area contributed by atoms with Gasteiger partial charge in [-0.3, -0.25) is 9.89 Å². The molecule has 2 aromatic heterocycles. The molecule has 5 aromatic rings. The lowest BCUT2D eigenvalue weighted by Crippen LogP contribution is -2.30. The van der Waals surface area contributed by atoms with E-state index in [1.165, 1.54) is 11.1 Å². The van der Waals surface area contributed by atoms with Crippen molar-refractivity contribution >= 4 is 16.7 Å². The Morgan fingerprint density at radius 3 is 2.53 bits per heavy atom. The van der Waals surface area contributed by atoms with Gasteiger partial charge in [-0.05, 0) is 37.5 Å². The van der Waals surface area contributed by atoms with Gasteiger partial charge in [0.05, 0.1) is 6.04 Å². The number of hydrogen-bond donors (Lipinski definition) is 3. The number of carbonyl (C=O) groups is 1. The highest BCUT2D eigenvalue weighted by Gasteiger charge is 2.24. The molecule has 0 aliphatic rings. The highest BCUT2D eigenvalue weighted by atomic mass is 16.1. The molecule has 0 radical (unpaired) electrons. The van der Waals surface area contributed by atoms with E-state index in [0.29, 0.717) is 17.9 Å². The lowest BCUT2D eigenvalue weighted by Gasteiger charge is -2.18. The molecule has 170 valence electrons. The largest absolute Gasteiger partial charge is 0.360 e. The summed E-state index contributed by atoms with van der Waals surface area (Å²) in [6, 6.07) is 23.9. The zero-order chi connectivity index (χ0) is 23.5. The summed E-state index contributed by atoms with van der Waals surface area (Å²) in [7, 11) is 0. The molecule has 34 heavy (non-hydrogen) atoms. The molecule has 3 aromatic carbocycles. The van der Waals surface area contributed by atoms with Crippen molar-refractivity contribution in [1.29, 1.82) is 0 Å². The first-order valence-electron chi connectivity index (χ1n) is 11.5.